The molecule has 4 heterocycles. The van der Waals surface area contributed by atoms with Crippen molar-refractivity contribution in [2.75, 3.05) is 18.0 Å². The van der Waals surface area contributed by atoms with Crippen LogP contribution in [0.3, 0.4) is 0 Å². The molecule has 0 aliphatic carbocycles. The average molecular weight is 391 g/mol. The molecule has 1 saturated heterocycles. The van der Waals surface area contributed by atoms with E-state index in [1.807, 2.05) is 47.8 Å². The van der Waals surface area contributed by atoms with Crippen molar-refractivity contribution in [2.24, 2.45) is 0 Å². The minimum atomic E-state index is -0.132. The second kappa shape index (κ2) is 7.01. The number of fused-ring (bicyclic) bond motifs is 1. The summed E-state index contributed by atoms with van der Waals surface area (Å²) in [6.45, 7) is 1.54. The number of carbonyl (C=O) groups is 1. The van der Waals surface area contributed by atoms with E-state index in [0.29, 0.717) is 17.9 Å². The highest BCUT2D eigenvalue weighted by molar-refractivity contribution is 7.13. The molecule has 1 aromatic carbocycles. The molecule has 4 aromatic rings. The van der Waals surface area contributed by atoms with Crippen LogP contribution >= 0.6 is 11.3 Å². The molecule has 140 valence electrons. The second-order valence-corrected chi connectivity index (χ2v) is 7.49. The Kier molecular flexibility index (Phi) is 4.21. The van der Waals surface area contributed by atoms with Gasteiger partial charge in [0.25, 0.3) is 5.91 Å². The zero-order chi connectivity index (χ0) is 18.9. The van der Waals surface area contributed by atoms with Gasteiger partial charge in [0.2, 0.25) is 0 Å². The normalized spacial score (nSPS) is 16.6. The van der Waals surface area contributed by atoms with E-state index in [-0.39, 0.29) is 11.9 Å². The average Bonchev–Trinajstić information content (AvgIpc) is 3.48. The van der Waals surface area contributed by atoms with Crippen LogP contribution in [0.25, 0.3) is 16.2 Å². The van der Waals surface area contributed by atoms with Gasteiger partial charge in [0.1, 0.15) is 22.8 Å². The molecule has 28 heavy (non-hydrogen) atoms. The van der Waals surface area contributed by atoms with Crippen molar-refractivity contribution in [2.45, 2.75) is 12.5 Å². The van der Waals surface area contributed by atoms with Gasteiger partial charge in [-0.1, -0.05) is 30.3 Å². The van der Waals surface area contributed by atoms with Gasteiger partial charge in [0.15, 0.2) is 5.65 Å². The first-order valence-corrected chi connectivity index (χ1v) is 9.88. The predicted octanol–water partition coefficient (Wildman–Crippen LogP) is 2.26. The van der Waals surface area contributed by atoms with E-state index >= 15 is 0 Å². The molecule has 1 N–H and O–H groups in total. The number of thiazole rings is 1. The van der Waals surface area contributed by atoms with Gasteiger partial charge in [0, 0.05) is 30.1 Å². The van der Waals surface area contributed by atoms with E-state index < -0.39 is 0 Å². The summed E-state index contributed by atoms with van der Waals surface area (Å²) in [4.78, 5) is 19.3. The van der Waals surface area contributed by atoms with E-state index in [2.05, 4.69) is 30.5 Å². The summed E-state index contributed by atoms with van der Waals surface area (Å²) < 4.78 is 1.65. The van der Waals surface area contributed by atoms with E-state index in [9.17, 15) is 4.79 Å². The molecule has 1 amide bonds. The molecule has 1 fully saturated rings. The Morgan fingerprint density at radius 3 is 2.96 bits per heavy atom. The summed E-state index contributed by atoms with van der Waals surface area (Å²) in [5, 5.41) is 18.1. The molecule has 1 atom stereocenters. The van der Waals surface area contributed by atoms with Gasteiger partial charge in [0.05, 0.1) is 0 Å². The van der Waals surface area contributed by atoms with Crippen molar-refractivity contribution in [3.8, 4) is 10.6 Å². The number of anilines is 1. The van der Waals surface area contributed by atoms with Crippen LogP contribution in [-0.4, -0.2) is 49.8 Å². The SMILES string of the molecule is O=C(N[C@H]1CCN(c2ccc3nncn3n2)C1)c1csc(-c2ccccc2)n1. The molecule has 3 aromatic heterocycles. The molecule has 5 rings (SSSR count). The van der Waals surface area contributed by atoms with Crippen LogP contribution < -0.4 is 10.2 Å². The number of hydrogen-bond donors (Lipinski definition) is 1. The Labute approximate surface area is 164 Å². The van der Waals surface area contributed by atoms with Crippen molar-refractivity contribution in [1.29, 1.82) is 0 Å². The van der Waals surface area contributed by atoms with E-state index in [0.717, 1.165) is 29.4 Å². The maximum absolute atomic E-state index is 12.6. The third kappa shape index (κ3) is 3.20. The molecule has 1 aliphatic rings. The molecule has 9 heteroatoms. The minimum absolute atomic E-state index is 0.0628. The van der Waals surface area contributed by atoms with Crippen LogP contribution in [0.4, 0.5) is 5.82 Å². The number of carbonyl (C=O) groups excluding carboxylic acids is 1. The fraction of sp³-hybridized carbons (Fsp3) is 0.211. The van der Waals surface area contributed by atoms with Crippen molar-refractivity contribution < 1.29 is 4.79 Å². The van der Waals surface area contributed by atoms with Crippen LogP contribution in [0.2, 0.25) is 0 Å². The number of nitrogens with zero attached hydrogens (tertiary/aromatic N) is 6. The largest absolute Gasteiger partial charge is 0.353 e. The van der Waals surface area contributed by atoms with E-state index in [1.54, 1.807) is 10.8 Å². The Morgan fingerprint density at radius 2 is 2.07 bits per heavy atom. The van der Waals surface area contributed by atoms with Gasteiger partial charge >= 0.3 is 0 Å². The fourth-order valence-corrected chi connectivity index (χ4v) is 4.13. The van der Waals surface area contributed by atoms with Crippen molar-refractivity contribution >= 4 is 28.7 Å². The third-order valence-corrected chi connectivity index (χ3v) is 5.64. The highest BCUT2D eigenvalue weighted by atomic mass is 32.1. The first-order chi connectivity index (χ1) is 13.8. The smallest absolute Gasteiger partial charge is 0.271 e. The quantitative estimate of drug-likeness (QED) is 0.574. The van der Waals surface area contributed by atoms with Crippen LogP contribution in [0.5, 0.6) is 0 Å². The van der Waals surface area contributed by atoms with Gasteiger partial charge < -0.3 is 10.2 Å². The van der Waals surface area contributed by atoms with Crippen molar-refractivity contribution in [1.82, 2.24) is 30.1 Å². The zero-order valence-electron chi connectivity index (χ0n) is 14.9. The Bertz CT molecular complexity index is 1120. The number of hydrogen-bond acceptors (Lipinski definition) is 7. The number of rotatable bonds is 4. The maximum atomic E-state index is 12.6. The lowest BCUT2D eigenvalue weighted by Crippen LogP contribution is -2.37. The minimum Gasteiger partial charge on any atom is -0.353 e. The lowest BCUT2D eigenvalue weighted by atomic mass is 10.2. The highest BCUT2D eigenvalue weighted by Gasteiger charge is 2.26. The standard InChI is InChI=1S/C19H17N7OS/c27-18(15-11-28-19(22-15)13-4-2-1-3-5-13)21-14-8-9-25(10-14)17-7-6-16-23-20-12-26(16)24-17/h1-7,11-12,14H,8-10H2,(H,21,27)/t14-/m0/s1. The molecular weight excluding hydrogens is 374 g/mol. The molecule has 0 bridgehead atoms. The first-order valence-electron chi connectivity index (χ1n) is 9.00. The van der Waals surface area contributed by atoms with Gasteiger partial charge in [-0.3, -0.25) is 4.79 Å². The summed E-state index contributed by atoms with van der Waals surface area (Å²) in [5.41, 5.74) is 2.20. The van der Waals surface area contributed by atoms with Crippen LogP contribution in [0.1, 0.15) is 16.9 Å². The highest BCUT2D eigenvalue weighted by Crippen LogP contribution is 2.24. The summed E-state index contributed by atoms with van der Waals surface area (Å²) in [6.07, 6.45) is 2.45. The van der Waals surface area contributed by atoms with Crippen LogP contribution in [-0.2, 0) is 0 Å². The third-order valence-electron chi connectivity index (χ3n) is 4.75. The summed E-state index contributed by atoms with van der Waals surface area (Å²) in [5.74, 6) is 0.719. The maximum Gasteiger partial charge on any atom is 0.271 e. The number of nitrogens with one attached hydrogen (secondary N) is 1. The van der Waals surface area contributed by atoms with E-state index in [4.69, 9.17) is 0 Å². The van der Waals surface area contributed by atoms with Gasteiger partial charge in [-0.05, 0) is 18.6 Å². The Balaban J connectivity index is 1.24. The van der Waals surface area contributed by atoms with Gasteiger partial charge in [-0.15, -0.1) is 26.6 Å². The Hall–Kier alpha value is -3.33. The lowest BCUT2D eigenvalue weighted by Gasteiger charge is -2.17. The molecule has 0 radical (unpaired) electrons. The summed E-state index contributed by atoms with van der Waals surface area (Å²) in [7, 11) is 0. The van der Waals surface area contributed by atoms with Crippen LogP contribution in [0.15, 0.2) is 54.2 Å². The molecular formula is C19H17N7OS. The molecule has 0 saturated carbocycles. The van der Waals surface area contributed by atoms with Gasteiger partial charge in [-0.2, -0.15) is 4.52 Å². The monoisotopic (exact) mass is 391 g/mol. The predicted molar refractivity (Wildman–Crippen MR) is 106 cm³/mol. The zero-order valence-corrected chi connectivity index (χ0v) is 15.7. The first kappa shape index (κ1) is 16.8. The lowest BCUT2D eigenvalue weighted by molar-refractivity contribution is 0.0936. The molecule has 0 spiro atoms. The summed E-state index contributed by atoms with van der Waals surface area (Å²) >= 11 is 1.48. The van der Waals surface area contributed by atoms with Gasteiger partial charge in [-0.25, -0.2) is 4.98 Å². The summed E-state index contributed by atoms with van der Waals surface area (Å²) in [6, 6.07) is 13.8. The molecule has 8 nitrogen and oxygen atoms in total. The number of amides is 1. The van der Waals surface area contributed by atoms with E-state index in [1.165, 1.54) is 11.3 Å². The van der Waals surface area contributed by atoms with Crippen LogP contribution in [0, 0.1) is 0 Å². The Morgan fingerprint density at radius 1 is 1.18 bits per heavy atom. The topological polar surface area (TPSA) is 88.3 Å². The molecule has 1 aliphatic heterocycles. The number of benzene rings is 1. The van der Waals surface area contributed by atoms with Crippen molar-refractivity contribution in [3.05, 3.63) is 59.9 Å². The molecule has 0 unspecified atom stereocenters. The fourth-order valence-electron chi connectivity index (χ4n) is 3.32. The van der Waals surface area contributed by atoms with Crippen molar-refractivity contribution in [3.63, 3.8) is 0 Å². The second-order valence-electron chi connectivity index (χ2n) is 6.63. The number of aromatic nitrogens is 5.